The summed E-state index contributed by atoms with van der Waals surface area (Å²) in [5.41, 5.74) is 1.89. The van der Waals surface area contributed by atoms with Crippen LogP contribution in [0.4, 0.5) is 0 Å². The minimum atomic E-state index is -0.658. The Morgan fingerprint density at radius 2 is 1.76 bits per heavy atom. The van der Waals surface area contributed by atoms with Gasteiger partial charge in [0.1, 0.15) is 11.8 Å². The molecule has 1 N–H and O–H groups in total. The summed E-state index contributed by atoms with van der Waals surface area (Å²) in [6, 6.07) is 14.2. The van der Waals surface area contributed by atoms with Crippen molar-refractivity contribution in [2.24, 2.45) is 0 Å². The molecule has 0 aromatic heterocycles. The van der Waals surface area contributed by atoms with Crippen LogP contribution in [0, 0.1) is 6.92 Å². The molecule has 0 radical (unpaired) electrons. The summed E-state index contributed by atoms with van der Waals surface area (Å²) in [6.45, 7) is 7.71. The van der Waals surface area contributed by atoms with Gasteiger partial charge in [0.15, 0.2) is 6.61 Å². The molecule has 0 aliphatic rings. The number of nitrogens with one attached hydrogen (secondary N) is 1. The molecule has 156 valence electrons. The molecule has 2 amide bonds. The summed E-state index contributed by atoms with van der Waals surface area (Å²) < 4.78 is 5.65. The Kier molecular flexibility index (Phi) is 8.52. The van der Waals surface area contributed by atoms with Crippen LogP contribution < -0.4 is 10.1 Å². The molecular weight excluding hydrogens is 388 g/mol. The number of aryl methyl sites for hydroxylation is 1. The van der Waals surface area contributed by atoms with Crippen LogP contribution in [0.25, 0.3) is 0 Å². The number of nitrogens with zero attached hydrogens (tertiary/aromatic N) is 1. The maximum atomic E-state index is 13.0. The predicted molar refractivity (Wildman–Crippen MR) is 116 cm³/mol. The molecular formula is C23H29ClN2O3. The highest BCUT2D eigenvalue weighted by Gasteiger charge is 2.27. The van der Waals surface area contributed by atoms with E-state index in [0.717, 1.165) is 17.5 Å². The first kappa shape index (κ1) is 22.8. The van der Waals surface area contributed by atoms with Gasteiger partial charge in [-0.05, 0) is 51.0 Å². The van der Waals surface area contributed by atoms with Crippen molar-refractivity contribution in [3.8, 4) is 5.75 Å². The van der Waals surface area contributed by atoms with Crippen molar-refractivity contribution < 1.29 is 14.3 Å². The molecule has 0 saturated carbocycles. The second kappa shape index (κ2) is 10.9. The third kappa shape index (κ3) is 6.79. The molecule has 0 aliphatic heterocycles. The van der Waals surface area contributed by atoms with Gasteiger partial charge >= 0.3 is 0 Å². The zero-order valence-corrected chi connectivity index (χ0v) is 18.2. The number of benzene rings is 2. The van der Waals surface area contributed by atoms with Gasteiger partial charge in [-0.1, -0.05) is 54.4 Å². The van der Waals surface area contributed by atoms with Crippen molar-refractivity contribution in [3.05, 3.63) is 64.7 Å². The molecule has 0 unspecified atom stereocenters. The molecule has 0 heterocycles. The molecule has 2 aromatic rings. The van der Waals surface area contributed by atoms with Crippen LogP contribution in [0.5, 0.6) is 5.75 Å². The van der Waals surface area contributed by atoms with Gasteiger partial charge in [0.2, 0.25) is 5.91 Å². The molecule has 5 nitrogen and oxygen atoms in total. The molecule has 2 aromatic carbocycles. The van der Waals surface area contributed by atoms with E-state index in [4.69, 9.17) is 16.3 Å². The van der Waals surface area contributed by atoms with E-state index in [2.05, 4.69) is 5.32 Å². The number of halogens is 1. The van der Waals surface area contributed by atoms with Gasteiger partial charge in [-0.3, -0.25) is 9.59 Å². The van der Waals surface area contributed by atoms with Crippen LogP contribution in [0.15, 0.2) is 48.5 Å². The molecule has 0 saturated heterocycles. The summed E-state index contributed by atoms with van der Waals surface area (Å²) in [5.74, 6) is 0.130. The topological polar surface area (TPSA) is 58.6 Å². The predicted octanol–water partition coefficient (Wildman–Crippen LogP) is 4.36. The van der Waals surface area contributed by atoms with Crippen LogP contribution >= 0.6 is 11.6 Å². The van der Waals surface area contributed by atoms with E-state index < -0.39 is 6.04 Å². The summed E-state index contributed by atoms with van der Waals surface area (Å²) in [6.07, 6.45) is 0.813. The monoisotopic (exact) mass is 416 g/mol. The van der Waals surface area contributed by atoms with Gasteiger partial charge in [-0.15, -0.1) is 0 Å². The molecule has 0 spiro atoms. The number of hydrogen-bond donors (Lipinski definition) is 1. The maximum Gasteiger partial charge on any atom is 0.261 e. The lowest BCUT2D eigenvalue weighted by Gasteiger charge is -2.30. The fourth-order valence-corrected chi connectivity index (χ4v) is 2.92. The van der Waals surface area contributed by atoms with E-state index in [-0.39, 0.29) is 31.0 Å². The molecule has 0 aliphatic carbocycles. The van der Waals surface area contributed by atoms with Gasteiger partial charge in [0.05, 0.1) is 0 Å². The molecule has 0 bridgehead atoms. The van der Waals surface area contributed by atoms with Crippen molar-refractivity contribution in [2.75, 3.05) is 6.61 Å². The van der Waals surface area contributed by atoms with Gasteiger partial charge in [-0.2, -0.15) is 0 Å². The second-order valence-electron chi connectivity index (χ2n) is 7.21. The Balaban J connectivity index is 2.15. The average Bonchev–Trinajstić information content (AvgIpc) is 2.71. The highest BCUT2D eigenvalue weighted by atomic mass is 35.5. The van der Waals surface area contributed by atoms with Gasteiger partial charge in [-0.25, -0.2) is 0 Å². The zero-order chi connectivity index (χ0) is 21.4. The van der Waals surface area contributed by atoms with Crippen molar-refractivity contribution in [3.63, 3.8) is 0 Å². The lowest BCUT2D eigenvalue weighted by Crippen LogP contribution is -2.50. The van der Waals surface area contributed by atoms with Gasteiger partial charge in [0.25, 0.3) is 5.91 Å². The smallest absolute Gasteiger partial charge is 0.261 e. The Hall–Kier alpha value is -2.53. The minimum absolute atomic E-state index is 0.0334. The Morgan fingerprint density at radius 1 is 1.10 bits per heavy atom. The number of hydrogen-bond acceptors (Lipinski definition) is 3. The van der Waals surface area contributed by atoms with E-state index in [1.807, 2.05) is 63.2 Å². The third-order valence-corrected chi connectivity index (χ3v) is 5.22. The van der Waals surface area contributed by atoms with Crippen LogP contribution in [0.1, 0.15) is 38.3 Å². The van der Waals surface area contributed by atoms with E-state index in [0.29, 0.717) is 10.8 Å². The first-order valence-electron chi connectivity index (χ1n) is 9.84. The van der Waals surface area contributed by atoms with Crippen molar-refractivity contribution in [2.45, 2.75) is 52.7 Å². The Morgan fingerprint density at radius 3 is 2.38 bits per heavy atom. The lowest BCUT2D eigenvalue weighted by molar-refractivity contribution is -0.142. The van der Waals surface area contributed by atoms with Crippen LogP contribution in [0.2, 0.25) is 5.02 Å². The first-order chi connectivity index (χ1) is 13.8. The fourth-order valence-electron chi connectivity index (χ4n) is 2.72. The number of amides is 2. The molecule has 0 fully saturated rings. The molecule has 29 heavy (non-hydrogen) atoms. The zero-order valence-electron chi connectivity index (χ0n) is 17.4. The van der Waals surface area contributed by atoms with E-state index in [1.54, 1.807) is 13.0 Å². The van der Waals surface area contributed by atoms with E-state index in [1.165, 1.54) is 4.90 Å². The molecule has 2 atom stereocenters. The van der Waals surface area contributed by atoms with Crippen LogP contribution in [0.3, 0.4) is 0 Å². The highest BCUT2D eigenvalue weighted by Crippen LogP contribution is 2.19. The number of rotatable bonds is 9. The number of ether oxygens (including phenoxy) is 1. The largest absolute Gasteiger partial charge is 0.484 e. The summed E-state index contributed by atoms with van der Waals surface area (Å²) in [4.78, 5) is 27.2. The number of carbonyl (C=O) groups excluding carboxylic acids is 2. The van der Waals surface area contributed by atoms with Crippen LogP contribution in [-0.2, 0) is 16.1 Å². The van der Waals surface area contributed by atoms with Crippen molar-refractivity contribution in [1.29, 1.82) is 0 Å². The quantitative estimate of drug-likeness (QED) is 0.660. The fraction of sp³-hybridized carbons (Fsp3) is 0.391. The number of carbonyl (C=O) groups is 2. The van der Waals surface area contributed by atoms with Crippen molar-refractivity contribution in [1.82, 2.24) is 10.2 Å². The lowest BCUT2D eigenvalue weighted by atomic mass is 10.1. The van der Waals surface area contributed by atoms with Gasteiger partial charge in [0, 0.05) is 17.6 Å². The van der Waals surface area contributed by atoms with Gasteiger partial charge < -0.3 is 15.0 Å². The van der Waals surface area contributed by atoms with E-state index >= 15 is 0 Å². The summed E-state index contributed by atoms with van der Waals surface area (Å²) >= 11 is 6.28. The Bertz CT molecular complexity index is 823. The summed E-state index contributed by atoms with van der Waals surface area (Å²) in [5, 5.41) is 3.49. The molecule has 2 rings (SSSR count). The second-order valence-corrected chi connectivity index (χ2v) is 7.62. The third-order valence-electron chi connectivity index (χ3n) is 4.85. The molecule has 6 heteroatoms. The average molecular weight is 417 g/mol. The minimum Gasteiger partial charge on any atom is -0.484 e. The van der Waals surface area contributed by atoms with E-state index in [9.17, 15) is 9.59 Å². The maximum absolute atomic E-state index is 13.0. The first-order valence-corrected chi connectivity index (χ1v) is 10.2. The standard InChI is InChI=1S/C23H29ClN2O3/c1-5-17(3)25-23(28)18(4)26(14-19-8-6-7-9-21(19)24)22(27)15-29-20-12-10-16(2)11-13-20/h6-13,17-18H,5,14-15H2,1-4H3,(H,25,28)/t17-,18+/m0/s1. The van der Waals surface area contributed by atoms with Crippen LogP contribution in [-0.4, -0.2) is 35.4 Å². The SMILES string of the molecule is CC[C@H](C)NC(=O)[C@@H](C)N(Cc1ccccc1Cl)C(=O)COc1ccc(C)cc1. The highest BCUT2D eigenvalue weighted by molar-refractivity contribution is 6.31. The normalized spacial score (nSPS) is 12.7. The Labute approximate surface area is 178 Å². The van der Waals surface area contributed by atoms with Crippen molar-refractivity contribution >= 4 is 23.4 Å². The summed E-state index contributed by atoms with van der Waals surface area (Å²) in [7, 11) is 0.